The highest BCUT2D eigenvalue weighted by Crippen LogP contribution is 2.15. The first-order valence-corrected chi connectivity index (χ1v) is 5.10. The normalized spacial score (nSPS) is 10.7. The molecule has 0 aliphatic rings. The summed E-state index contributed by atoms with van der Waals surface area (Å²) in [5, 5.41) is 8.03. The molecule has 4 nitrogen and oxygen atoms in total. The summed E-state index contributed by atoms with van der Waals surface area (Å²) < 4.78 is 15.0. The van der Waals surface area contributed by atoms with E-state index in [1.165, 1.54) is 10.7 Å². The molecule has 0 aliphatic carbocycles. The maximum atomic E-state index is 13.5. The summed E-state index contributed by atoms with van der Waals surface area (Å²) in [4.78, 5) is 0. The molecule has 0 fully saturated rings. The van der Waals surface area contributed by atoms with Crippen molar-refractivity contribution in [1.82, 2.24) is 15.0 Å². The van der Waals surface area contributed by atoms with Gasteiger partial charge in [-0.15, -0.1) is 5.10 Å². The molecule has 0 aliphatic heterocycles. The van der Waals surface area contributed by atoms with E-state index in [4.69, 9.17) is 17.3 Å². The number of halogens is 2. The molecule has 1 heterocycles. The van der Waals surface area contributed by atoms with Crippen LogP contribution in [0.15, 0.2) is 24.4 Å². The van der Waals surface area contributed by atoms with Crippen LogP contribution in [0.25, 0.3) is 0 Å². The molecule has 16 heavy (non-hydrogen) atoms. The molecule has 2 N–H and O–H groups in total. The third-order valence-corrected chi connectivity index (χ3v) is 2.38. The van der Waals surface area contributed by atoms with Crippen LogP contribution in [0.1, 0.15) is 11.3 Å². The summed E-state index contributed by atoms with van der Waals surface area (Å²) in [6, 6.07) is 4.54. The molecule has 0 saturated heterocycles. The van der Waals surface area contributed by atoms with Crippen LogP contribution in [0.3, 0.4) is 0 Å². The predicted octanol–water partition coefficient (Wildman–Crippen LogP) is 1.58. The largest absolute Gasteiger partial charge is 0.325 e. The van der Waals surface area contributed by atoms with Gasteiger partial charge in [-0.25, -0.2) is 9.07 Å². The zero-order chi connectivity index (χ0) is 11.5. The van der Waals surface area contributed by atoms with E-state index in [-0.39, 0.29) is 5.82 Å². The molecule has 0 bridgehead atoms. The lowest BCUT2D eigenvalue weighted by molar-refractivity contribution is 0.577. The van der Waals surface area contributed by atoms with Crippen molar-refractivity contribution < 1.29 is 4.39 Å². The average Bonchev–Trinajstić information content (AvgIpc) is 2.70. The van der Waals surface area contributed by atoms with Crippen molar-refractivity contribution >= 4 is 11.6 Å². The van der Waals surface area contributed by atoms with Gasteiger partial charge in [-0.05, 0) is 12.1 Å². The van der Waals surface area contributed by atoms with Gasteiger partial charge in [-0.2, -0.15) is 0 Å². The summed E-state index contributed by atoms with van der Waals surface area (Å²) in [5.74, 6) is -0.350. The number of aromatic nitrogens is 3. The van der Waals surface area contributed by atoms with Gasteiger partial charge in [0.25, 0.3) is 0 Å². The van der Waals surface area contributed by atoms with Gasteiger partial charge in [0, 0.05) is 17.1 Å². The molecule has 0 radical (unpaired) electrons. The number of hydrogen-bond donors (Lipinski definition) is 1. The molecule has 0 spiro atoms. The monoisotopic (exact) mass is 240 g/mol. The quantitative estimate of drug-likeness (QED) is 0.886. The number of hydrogen-bond acceptors (Lipinski definition) is 3. The second-order valence-electron chi connectivity index (χ2n) is 3.35. The lowest BCUT2D eigenvalue weighted by Gasteiger charge is -2.02. The predicted molar refractivity (Wildman–Crippen MR) is 58.4 cm³/mol. The van der Waals surface area contributed by atoms with E-state index in [9.17, 15) is 4.39 Å². The smallest absolute Gasteiger partial charge is 0.129 e. The topological polar surface area (TPSA) is 56.7 Å². The van der Waals surface area contributed by atoms with Crippen molar-refractivity contribution in [2.75, 3.05) is 0 Å². The molecule has 0 amide bonds. The van der Waals surface area contributed by atoms with Crippen molar-refractivity contribution in [3.63, 3.8) is 0 Å². The van der Waals surface area contributed by atoms with E-state index in [1.807, 2.05) is 0 Å². The van der Waals surface area contributed by atoms with Crippen LogP contribution < -0.4 is 5.73 Å². The van der Waals surface area contributed by atoms with Crippen LogP contribution in [0.4, 0.5) is 4.39 Å². The number of nitrogens with two attached hydrogens (primary N) is 1. The van der Waals surface area contributed by atoms with Gasteiger partial charge in [0.15, 0.2) is 0 Å². The van der Waals surface area contributed by atoms with Gasteiger partial charge >= 0.3 is 0 Å². The lowest BCUT2D eigenvalue weighted by Crippen LogP contribution is -2.02. The molecule has 1 aromatic carbocycles. The first kappa shape index (κ1) is 11.0. The Morgan fingerprint density at radius 3 is 2.88 bits per heavy atom. The van der Waals surface area contributed by atoms with E-state index in [1.54, 1.807) is 18.3 Å². The standard InChI is InChI=1S/C10H10ClFN4/c11-8-2-1-7(10(12)3-8)5-16-6-9(4-13)14-15-16/h1-3,6H,4-5,13H2. The van der Waals surface area contributed by atoms with Gasteiger partial charge in [0.2, 0.25) is 0 Å². The van der Waals surface area contributed by atoms with Gasteiger partial charge in [-0.3, -0.25) is 0 Å². The second kappa shape index (κ2) is 4.59. The van der Waals surface area contributed by atoms with Crippen molar-refractivity contribution in [3.05, 3.63) is 46.5 Å². The van der Waals surface area contributed by atoms with E-state index in [0.717, 1.165) is 0 Å². The van der Waals surface area contributed by atoms with Crippen molar-refractivity contribution in [3.8, 4) is 0 Å². The number of rotatable bonds is 3. The fourth-order valence-corrected chi connectivity index (χ4v) is 1.49. The lowest BCUT2D eigenvalue weighted by atomic mass is 10.2. The summed E-state index contributed by atoms with van der Waals surface area (Å²) in [6.07, 6.45) is 1.69. The average molecular weight is 241 g/mol. The minimum Gasteiger partial charge on any atom is -0.325 e. The SMILES string of the molecule is NCc1cn(Cc2ccc(Cl)cc2F)nn1. The summed E-state index contributed by atoms with van der Waals surface area (Å²) in [6.45, 7) is 0.638. The molecule has 6 heteroatoms. The molecule has 84 valence electrons. The van der Waals surface area contributed by atoms with Gasteiger partial charge in [-0.1, -0.05) is 22.9 Å². The number of nitrogens with zero attached hydrogens (tertiary/aromatic N) is 3. The van der Waals surface area contributed by atoms with Gasteiger partial charge < -0.3 is 5.73 Å². The third kappa shape index (κ3) is 2.37. The highest BCUT2D eigenvalue weighted by atomic mass is 35.5. The van der Waals surface area contributed by atoms with Crippen LogP contribution in [0, 0.1) is 5.82 Å². The van der Waals surface area contributed by atoms with E-state index >= 15 is 0 Å². The zero-order valence-electron chi connectivity index (χ0n) is 8.40. The molecule has 0 unspecified atom stereocenters. The first-order chi connectivity index (χ1) is 7.69. The first-order valence-electron chi connectivity index (χ1n) is 4.72. The fraction of sp³-hybridized carbons (Fsp3) is 0.200. The maximum absolute atomic E-state index is 13.5. The zero-order valence-corrected chi connectivity index (χ0v) is 9.15. The number of benzene rings is 1. The Bertz CT molecular complexity index is 497. The van der Waals surface area contributed by atoms with E-state index in [2.05, 4.69) is 10.3 Å². The van der Waals surface area contributed by atoms with Crippen LogP contribution in [-0.4, -0.2) is 15.0 Å². The Hall–Kier alpha value is -1.46. The second-order valence-corrected chi connectivity index (χ2v) is 3.78. The van der Waals surface area contributed by atoms with Crippen molar-refractivity contribution in [2.24, 2.45) is 5.73 Å². The van der Waals surface area contributed by atoms with Gasteiger partial charge in [0.1, 0.15) is 5.82 Å². The third-order valence-electron chi connectivity index (χ3n) is 2.14. The Morgan fingerprint density at radius 2 is 2.25 bits per heavy atom. The Labute approximate surface area is 96.8 Å². The van der Waals surface area contributed by atoms with Crippen LogP contribution in [0.2, 0.25) is 5.02 Å². The minimum atomic E-state index is -0.350. The van der Waals surface area contributed by atoms with E-state index in [0.29, 0.717) is 29.4 Å². The molecule has 2 rings (SSSR count). The Balaban J connectivity index is 2.20. The summed E-state index contributed by atoms with van der Waals surface area (Å²) in [7, 11) is 0. The molecular formula is C10H10ClFN4. The van der Waals surface area contributed by atoms with Crippen LogP contribution >= 0.6 is 11.6 Å². The fourth-order valence-electron chi connectivity index (χ4n) is 1.33. The summed E-state index contributed by atoms with van der Waals surface area (Å²) in [5.41, 5.74) is 6.59. The Kier molecular flexibility index (Phi) is 3.17. The summed E-state index contributed by atoms with van der Waals surface area (Å²) >= 11 is 5.66. The molecule has 2 aromatic rings. The van der Waals surface area contributed by atoms with E-state index < -0.39 is 0 Å². The minimum absolute atomic E-state index is 0.315. The highest BCUT2D eigenvalue weighted by molar-refractivity contribution is 6.30. The molecule has 0 saturated carbocycles. The van der Waals surface area contributed by atoms with Crippen LogP contribution in [0.5, 0.6) is 0 Å². The van der Waals surface area contributed by atoms with Crippen LogP contribution in [-0.2, 0) is 13.1 Å². The maximum Gasteiger partial charge on any atom is 0.129 e. The molecular weight excluding hydrogens is 231 g/mol. The van der Waals surface area contributed by atoms with Crippen molar-refractivity contribution in [2.45, 2.75) is 13.1 Å². The Morgan fingerprint density at radius 1 is 1.44 bits per heavy atom. The molecule has 0 atom stereocenters. The van der Waals surface area contributed by atoms with Gasteiger partial charge in [0.05, 0.1) is 18.4 Å². The molecule has 1 aromatic heterocycles. The van der Waals surface area contributed by atoms with Crippen molar-refractivity contribution in [1.29, 1.82) is 0 Å². The highest BCUT2D eigenvalue weighted by Gasteiger charge is 2.05.